The summed E-state index contributed by atoms with van der Waals surface area (Å²) >= 11 is 0. The minimum Gasteiger partial charge on any atom is -0.388 e. The highest BCUT2D eigenvalue weighted by molar-refractivity contribution is 6.45. The van der Waals surface area contributed by atoms with E-state index in [9.17, 15) is 22.8 Å². The lowest BCUT2D eigenvalue weighted by Crippen LogP contribution is -2.36. The first-order valence-electron chi connectivity index (χ1n) is 15.2. The molecule has 1 aliphatic heterocycles. The number of rotatable bonds is 11. The molecule has 2 heterocycles. The summed E-state index contributed by atoms with van der Waals surface area (Å²) in [7, 11) is 0. The highest BCUT2D eigenvalue weighted by Crippen LogP contribution is 2.37. The lowest BCUT2D eigenvalue weighted by atomic mass is 9.82. The van der Waals surface area contributed by atoms with Crippen LogP contribution in [0.5, 0.6) is 0 Å². The molecule has 1 saturated carbocycles. The maximum absolute atomic E-state index is 13.4. The maximum atomic E-state index is 13.4. The van der Waals surface area contributed by atoms with Gasteiger partial charge in [0.05, 0.1) is 5.56 Å². The molecule has 0 aromatic carbocycles. The molecule has 0 bridgehead atoms. The molecule has 3 aliphatic rings. The van der Waals surface area contributed by atoms with Crippen LogP contribution < -0.4 is 15.5 Å². The van der Waals surface area contributed by atoms with Crippen LogP contribution in [0.3, 0.4) is 0 Å². The van der Waals surface area contributed by atoms with E-state index in [0.717, 1.165) is 101 Å². The number of aromatic nitrogens is 1. The molecule has 1 aromatic heterocycles. The van der Waals surface area contributed by atoms with E-state index in [0.29, 0.717) is 31.3 Å². The Balaban J connectivity index is 1.22. The second-order valence-corrected chi connectivity index (χ2v) is 11.9. The van der Waals surface area contributed by atoms with Gasteiger partial charge in [-0.3, -0.25) is 15.0 Å². The normalized spacial score (nSPS) is 22.4. The van der Waals surface area contributed by atoms with Crippen LogP contribution in [0.4, 0.5) is 19.0 Å². The molecule has 1 saturated heterocycles. The third kappa shape index (κ3) is 8.79. The van der Waals surface area contributed by atoms with Crippen LogP contribution in [-0.2, 0) is 15.8 Å². The fourth-order valence-electron chi connectivity index (χ4n) is 6.62. The number of carbonyl (C=O) groups is 2. The molecule has 1 aromatic rings. The highest BCUT2D eigenvalue weighted by Gasteiger charge is 2.36. The number of carbonyl (C=O) groups excluding carboxylic acids is 2. The third-order valence-corrected chi connectivity index (χ3v) is 8.98. The van der Waals surface area contributed by atoms with Crippen LogP contribution in [0.1, 0.15) is 96.0 Å². The molecule has 10 heteroatoms. The van der Waals surface area contributed by atoms with Gasteiger partial charge in [0.2, 0.25) is 5.91 Å². The third-order valence-electron chi connectivity index (χ3n) is 8.98. The predicted molar refractivity (Wildman–Crippen MR) is 154 cm³/mol. The molecule has 2 fully saturated rings. The smallest absolute Gasteiger partial charge is 0.388 e. The van der Waals surface area contributed by atoms with Gasteiger partial charge in [0.25, 0.3) is 0 Å². The number of nitrogens with one attached hydrogen (secondary N) is 3. The van der Waals surface area contributed by atoms with E-state index in [1.54, 1.807) is 11.8 Å². The first-order valence-corrected chi connectivity index (χ1v) is 15.2. The van der Waals surface area contributed by atoms with Crippen LogP contribution >= 0.6 is 0 Å². The van der Waals surface area contributed by atoms with Gasteiger partial charge < -0.3 is 15.5 Å². The Morgan fingerprint density at radius 2 is 1.71 bits per heavy atom. The lowest BCUT2D eigenvalue weighted by molar-refractivity contribution is -0.137. The quantitative estimate of drug-likeness (QED) is 0.274. The van der Waals surface area contributed by atoms with E-state index in [4.69, 9.17) is 5.41 Å². The molecule has 1 amide bonds. The zero-order chi connectivity index (χ0) is 29.4. The van der Waals surface area contributed by atoms with Crippen LogP contribution in [0.15, 0.2) is 29.6 Å². The minimum atomic E-state index is -4.42. The average Bonchev–Trinajstić information content (AvgIpc) is 2.96. The number of nitrogens with zero attached hydrogens (tertiary/aromatic N) is 2. The molecular weight excluding hydrogens is 531 g/mol. The Hall–Kier alpha value is -2.91. The number of halogens is 3. The SMILES string of the molecule is CC(=O)NC1CCC(CCC(=O)C(=N)C2=C(NCCC3CCN(c4ncccc4C(F)(F)F)CC3)CCCC2)CC1. The zero-order valence-corrected chi connectivity index (χ0v) is 24.1. The number of amides is 1. The Morgan fingerprint density at radius 3 is 2.39 bits per heavy atom. The van der Waals surface area contributed by atoms with E-state index < -0.39 is 11.7 Å². The molecular formula is C31H44F3N5O2. The van der Waals surface area contributed by atoms with Gasteiger partial charge in [0, 0.05) is 50.9 Å². The Morgan fingerprint density at radius 1 is 1.02 bits per heavy atom. The fraction of sp³-hybridized carbons (Fsp3) is 0.677. The average molecular weight is 576 g/mol. The van der Waals surface area contributed by atoms with Crippen molar-refractivity contribution in [2.75, 3.05) is 24.5 Å². The zero-order valence-electron chi connectivity index (χ0n) is 24.1. The monoisotopic (exact) mass is 575 g/mol. The van der Waals surface area contributed by atoms with Crippen LogP contribution in [0, 0.1) is 17.2 Å². The van der Waals surface area contributed by atoms with Crippen molar-refractivity contribution in [2.24, 2.45) is 11.8 Å². The molecule has 3 N–H and O–H groups in total. The minimum absolute atomic E-state index is 0.0104. The van der Waals surface area contributed by atoms with Crippen molar-refractivity contribution < 1.29 is 22.8 Å². The van der Waals surface area contributed by atoms with Gasteiger partial charge in [-0.25, -0.2) is 4.98 Å². The van der Waals surface area contributed by atoms with Crippen LogP contribution in [0.25, 0.3) is 0 Å². The first-order chi connectivity index (χ1) is 19.6. The van der Waals surface area contributed by atoms with Gasteiger partial charge in [-0.1, -0.05) is 0 Å². The maximum Gasteiger partial charge on any atom is 0.419 e. The predicted octanol–water partition coefficient (Wildman–Crippen LogP) is 6.19. The first kappa shape index (κ1) is 31.0. The topological polar surface area (TPSA) is 98.2 Å². The number of anilines is 1. The van der Waals surface area contributed by atoms with Crippen molar-refractivity contribution in [3.8, 4) is 0 Å². The van der Waals surface area contributed by atoms with Crippen LogP contribution in [-0.4, -0.2) is 48.1 Å². The van der Waals surface area contributed by atoms with Crippen molar-refractivity contribution >= 4 is 23.2 Å². The number of piperidine rings is 1. The second kappa shape index (κ2) is 14.3. The highest BCUT2D eigenvalue weighted by atomic mass is 19.4. The van der Waals surface area contributed by atoms with Crippen molar-refractivity contribution in [1.29, 1.82) is 5.41 Å². The summed E-state index contributed by atoms with van der Waals surface area (Å²) in [5.74, 6) is 0.834. The molecule has 2 aliphatic carbocycles. The van der Waals surface area contributed by atoms with E-state index >= 15 is 0 Å². The van der Waals surface area contributed by atoms with Gasteiger partial charge in [-0.15, -0.1) is 0 Å². The number of hydrogen-bond acceptors (Lipinski definition) is 6. The van der Waals surface area contributed by atoms with Crippen molar-refractivity contribution in [3.05, 3.63) is 35.2 Å². The van der Waals surface area contributed by atoms with Gasteiger partial charge in [-0.05, 0) is 107 Å². The summed E-state index contributed by atoms with van der Waals surface area (Å²) in [6.45, 7) is 3.38. The van der Waals surface area contributed by atoms with Crippen LogP contribution in [0.2, 0.25) is 0 Å². The second-order valence-electron chi connectivity index (χ2n) is 11.9. The van der Waals surface area contributed by atoms with E-state index in [-0.39, 0.29) is 29.3 Å². The number of ketones is 1. The summed E-state index contributed by atoms with van der Waals surface area (Å²) in [6, 6.07) is 2.67. The Kier molecular flexibility index (Phi) is 10.8. The van der Waals surface area contributed by atoms with Crippen molar-refractivity contribution in [3.63, 3.8) is 0 Å². The number of Topliss-reactive ketones (excluding diaryl/α,β-unsaturated/α-hetero) is 1. The van der Waals surface area contributed by atoms with E-state index in [1.165, 1.54) is 12.3 Å². The number of pyridine rings is 1. The number of allylic oxidation sites excluding steroid dienone is 2. The van der Waals surface area contributed by atoms with Crippen molar-refractivity contribution in [1.82, 2.24) is 15.6 Å². The molecule has 226 valence electrons. The summed E-state index contributed by atoms with van der Waals surface area (Å²) in [5.41, 5.74) is 1.36. The molecule has 4 rings (SSSR count). The summed E-state index contributed by atoms with van der Waals surface area (Å²) in [4.78, 5) is 30.0. The molecule has 0 radical (unpaired) electrons. The van der Waals surface area contributed by atoms with E-state index in [1.807, 2.05) is 0 Å². The Labute approximate surface area is 241 Å². The number of hydrogen-bond donors (Lipinski definition) is 3. The molecule has 0 atom stereocenters. The molecule has 41 heavy (non-hydrogen) atoms. The standard InChI is InChI=1S/C31H44F3N5O2/c1-21(40)38-24-11-8-22(9-12-24)10-13-28(41)29(35)25-5-2-3-7-27(25)36-18-14-23-15-19-39(20-16-23)30-26(31(32,33)34)6-4-17-37-30/h4,6,17,22-24,35-36H,2-3,5,7-16,18-20H2,1H3,(H,38,40). The van der Waals surface area contributed by atoms with Crippen molar-refractivity contribution in [2.45, 2.75) is 103 Å². The van der Waals surface area contributed by atoms with Gasteiger partial charge in [-0.2, -0.15) is 13.2 Å². The molecule has 7 nitrogen and oxygen atoms in total. The number of alkyl halides is 3. The van der Waals surface area contributed by atoms with E-state index in [2.05, 4.69) is 15.6 Å². The van der Waals surface area contributed by atoms with Gasteiger partial charge in [0.15, 0.2) is 5.78 Å². The summed E-state index contributed by atoms with van der Waals surface area (Å²) in [5, 5.41) is 15.2. The summed E-state index contributed by atoms with van der Waals surface area (Å²) < 4.78 is 40.2. The summed E-state index contributed by atoms with van der Waals surface area (Å²) in [6.07, 6.45) is 8.24. The molecule has 0 unspecified atom stereocenters. The largest absolute Gasteiger partial charge is 0.419 e. The molecule has 0 spiro atoms. The Bertz CT molecular complexity index is 1100. The van der Waals surface area contributed by atoms with Gasteiger partial charge >= 0.3 is 6.18 Å². The van der Waals surface area contributed by atoms with Gasteiger partial charge in [0.1, 0.15) is 11.5 Å². The lowest BCUT2D eigenvalue weighted by Gasteiger charge is -2.34. The fourth-order valence-corrected chi connectivity index (χ4v) is 6.62.